The van der Waals surface area contributed by atoms with Crippen LogP contribution >= 0.6 is 0 Å². The first-order valence-corrected chi connectivity index (χ1v) is 14.3. The quantitative estimate of drug-likeness (QED) is 0.455. The van der Waals surface area contributed by atoms with Crippen molar-refractivity contribution < 1.29 is 19.0 Å². The molecule has 2 aromatic rings. The summed E-state index contributed by atoms with van der Waals surface area (Å²) in [6, 6.07) is 2.71. The molecular weight excluding hydrogens is 458 g/mol. The molecule has 4 saturated carbocycles. The first kappa shape index (κ1) is 24.8. The minimum Gasteiger partial charge on any atom is -0.393 e. The van der Waals surface area contributed by atoms with Gasteiger partial charge in [0, 0.05) is 6.42 Å². The minimum atomic E-state index is -0.875. The molecule has 1 unspecified atom stereocenters. The molecule has 4 aliphatic rings. The van der Waals surface area contributed by atoms with Crippen LogP contribution in [0.4, 0.5) is 8.78 Å². The van der Waals surface area contributed by atoms with Gasteiger partial charge in [0.05, 0.1) is 17.7 Å². The number of nitrogens with one attached hydrogen (secondary N) is 1. The minimum absolute atomic E-state index is 0.0946. The lowest BCUT2D eigenvalue weighted by molar-refractivity contribution is -0.174. The van der Waals surface area contributed by atoms with Gasteiger partial charge in [0.1, 0.15) is 11.3 Å². The number of aliphatic hydroxyl groups is 2. The maximum absolute atomic E-state index is 14.1. The van der Waals surface area contributed by atoms with Gasteiger partial charge in [-0.05, 0) is 116 Å². The number of halogens is 2. The number of aromatic nitrogens is 2. The van der Waals surface area contributed by atoms with Crippen molar-refractivity contribution in [3.63, 3.8) is 0 Å². The molecule has 0 amide bonds. The van der Waals surface area contributed by atoms with E-state index in [2.05, 4.69) is 30.7 Å². The Morgan fingerprint density at radius 2 is 1.78 bits per heavy atom. The summed E-state index contributed by atoms with van der Waals surface area (Å²) in [7, 11) is 0. The fourth-order valence-corrected chi connectivity index (χ4v) is 9.93. The Kier molecular flexibility index (Phi) is 6.03. The molecular formula is C30H42F2N2O2. The normalized spacial score (nSPS) is 43.1. The number of H-pyrrole nitrogens is 1. The Balaban J connectivity index is 1.17. The largest absolute Gasteiger partial charge is 0.393 e. The molecule has 1 aromatic heterocycles. The van der Waals surface area contributed by atoms with E-state index < -0.39 is 11.6 Å². The van der Waals surface area contributed by atoms with Crippen molar-refractivity contribution in [3.8, 4) is 0 Å². The van der Waals surface area contributed by atoms with Crippen molar-refractivity contribution in [2.24, 2.45) is 46.3 Å². The molecule has 6 rings (SSSR count). The molecule has 1 heterocycles. The number of imidazole rings is 1. The van der Waals surface area contributed by atoms with Crippen LogP contribution in [0.5, 0.6) is 0 Å². The molecule has 198 valence electrons. The van der Waals surface area contributed by atoms with Crippen molar-refractivity contribution >= 4 is 11.0 Å². The Morgan fingerprint density at radius 1 is 1.03 bits per heavy atom. The fourth-order valence-electron chi connectivity index (χ4n) is 9.93. The van der Waals surface area contributed by atoms with Crippen molar-refractivity contribution in [1.29, 1.82) is 0 Å². The Hall–Kier alpha value is -1.53. The van der Waals surface area contributed by atoms with Crippen molar-refractivity contribution in [2.75, 3.05) is 0 Å². The van der Waals surface area contributed by atoms with Gasteiger partial charge in [0.15, 0.2) is 11.6 Å². The summed E-state index contributed by atoms with van der Waals surface area (Å²) in [5.41, 5.74) is 1.14. The zero-order chi connectivity index (χ0) is 25.4. The van der Waals surface area contributed by atoms with Crippen LogP contribution in [-0.4, -0.2) is 32.4 Å². The zero-order valence-electron chi connectivity index (χ0n) is 21.9. The van der Waals surface area contributed by atoms with E-state index in [1.54, 1.807) is 6.07 Å². The molecule has 0 radical (unpaired) electrons. The number of aromatic amines is 1. The molecule has 3 N–H and O–H groups in total. The third-order valence-corrected chi connectivity index (χ3v) is 11.8. The number of aryl methyl sites for hydroxylation is 1. The first-order valence-electron chi connectivity index (χ1n) is 14.3. The topological polar surface area (TPSA) is 69.1 Å². The van der Waals surface area contributed by atoms with Gasteiger partial charge >= 0.3 is 0 Å². The van der Waals surface area contributed by atoms with E-state index in [4.69, 9.17) is 0 Å². The van der Waals surface area contributed by atoms with E-state index in [1.165, 1.54) is 25.7 Å². The lowest BCUT2D eigenvalue weighted by atomic mass is 9.43. The maximum Gasteiger partial charge on any atom is 0.186 e. The first-order chi connectivity index (χ1) is 17.1. The third-order valence-electron chi connectivity index (χ3n) is 11.8. The number of hydrogen-bond acceptors (Lipinski definition) is 3. The number of nitrogens with zero attached hydrogens (tertiary/aromatic N) is 1. The lowest BCUT2D eigenvalue weighted by Gasteiger charge is -2.62. The highest BCUT2D eigenvalue weighted by Gasteiger charge is 2.62. The number of aliphatic hydroxyl groups excluding tert-OH is 2. The highest BCUT2D eigenvalue weighted by Crippen LogP contribution is 2.68. The predicted octanol–water partition coefficient (Wildman–Crippen LogP) is 6.40. The van der Waals surface area contributed by atoms with E-state index in [1.807, 2.05) is 0 Å². The zero-order valence-corrected chi connectivity index (χ0v) is 21.9. The number of benzene rings is 1. The molecule has 36 heavy (non-hydrogen) atoms. The van der Waals surface area contributed by atoms with E-state index in [0.717, 1.165) is 50.4 Å². The van der Waals surface area contributed by atoms with E-state index in [-0.39, 0.29) is 28.6 Å². The number of rotatable bonds is 4. The molecule has 1 aromatic carbocycles. The van der Waals surface area contributed by atoms with Crippen molar-refractivity contribution in [3.05, 3.63) is 29.6 Å². The summed E-state index contributed by atoms with van der Waals surface area (Å²) in [6.45, 7) is 7.31. The second-order valence-electron chi connectivity index (χ2n) is 13.4. The maximum atomic E-state index is 14.1. The van der Waals surface area contributed by atoms with Crippen LogP contribution in [0.1, 0.15) is 84.4 Å². The number of hydrogen-bond donors (Lipinski definition) is 3. The molecule has 0 spiro atoms. The summed E-state index contributed by atoms with van der Waals surface area (Å²) < 4.78 is 27.7. The van der Waals surface area contributed by atoms with Gasteiger partial charge in [-0.15, -0.1) is 0 Å². The lowest BCUT2D eigenvalue weighted by Crippen LogP contribution is -2.58. The molecule has 4 aliphatic carbocycles. The van der Waals surface area contributed by atoms with Gasteiger partial charge in [-0.25, -0.2) is 13.8 Å². The average Bonchev–Trinajstić information content (AvgIpc) is 3.42. The summed E-state index contributed by atoms with van der Waals surface area (Å²) in [4.78, 5) is 7.55. The third kappa shape index (κ3) is 3.68. The van der Waals surface area contributed by atoms with Crippen LogP contribution in [0, 0.1) is 58.0 Å². The summed E-state index contributed by atoms with van der Waals surface area (Å²) in [5.74, 6) is 2.05. The van der Waals surface area contributed by atoms with Gasteiger partial charge in [-0.2, -0.15) is 0 Å². The second kappa shape index (κ2) is 8.76. The highest BCUT2D eigenvalue weighted by molar-refractivity contribution is 5.75. The molecule has 0 bridgehead atoms. The molecule has 0 saturated heterocycles. The summed E-state index contributed by atoms with van der Waals surface area (Å²) in [6.07, 6.45) is 9.78. The number of fused-ring (bicyclic) bond motifs is 6. The van der Waals surface area contributed by atoms with Crippen LogP contribution in [0.25, 0.3) is 11.0 Å². The molecule has 4 fully saturated rings. The van der Waals surface area contributed by atoms with E-state index in [9.17, 15) is 19.0 Å². The van der Waals surface area contributed by atoms with Crippen molar-refractivity contribution in [2.45, 2.75) is 97.2 Å². The van der Waals surface area contributed by atoms with Crippen LogP contribution in [-0.2, 0) is 6.42 Å². The standard InChI is InChI=1S/C30H42F2N2O2/c1-16(4-9-25-33-23-8-7-22(31)27(32)28(23)34-25)19-5-6-20-26-21(11-13-30(19,20)3)29(2)12-10-18(35)14-17(29)15-24(26)36/h7-8,16-21,24,26,35-36H,4-6,9-15H2,1-3H3,(H,33,34)/t16?,17-,18+,19+,20-,21-,24+,26-,29-,30+/m0/s1. The molecule has 4 nitrogen and oxygen atoms in total. The summed E-state index contributed by atoms with van der Waals surface area (Å²) in [5, 5.41) is 21.8. The molecule has 10 atom stereocenters. The van der Waals surface area contributed by atoms with Crippen LogP contribution in [0.3, 0.4) is 0 Å². The Bertz CT molecular complexity index is 1140. The summed E-state index contributed by atoms with van der Waals surface area (Å²) >= 11 is 0. The molecule has 6 heteroatoms. The Morgan fingerprint density at radius 3 is 2.58 bits per heavy atom. The van der Waals surface area contributed by atoms with E-state index in [0.29, 0.717) is 41.0 Å². The van der Waals surface area contributed by atoms with Crippen molar-refractivity contribution in [1.82, 2.24) is 9.97 Å². The predicted molar refractivity (Wildman–Crippen MR) is 136 cm³/mol. The fraction of sp³-hybridized carbons (Fsp3) is 0.767. The van der Waals surface area contributed by atoms with Gasteiger partial charge in [0.25, 0.3) is 0 Å². The van der Waals surface area contributed by atoms with E-state index >= 15 is 0 Å². The molecule has 0 aliphatic heterocycles. The monoisotopic (exact) mass is 500 g/mol. The van der Waals surface area contributed by atoms with Crippen LogP contribution < -0.4 is 0 Å². The van der Waals surface area contributed by atoms with Crippen LogP contribution in [0.15, 0.2) is 12.1 Å². The van der Waals surface area contributed by atoms with Gasteiger partial charge < -0.3 is 15.2 Å². The highest BCUT2D eigenvalue weighted by atomic mass is 19.2. The smallest absolute Gasteiger partial charge is 0.186 e. The second-order valence-corrected chi connectivity index (χ2v) is 13.4. The SMILES string of the molecule is CC(CCc1nc2c(F)c(F)ccc2[nH]1)[C@H]1CC[C@H]2[C@@H]3[C@H](O)C[C@@H]4C[C@H](O)CC[C@]4(C)[C@H]3CC[C@]12C. The van der Waals surface area contributed by atoms with Gasteiger partial charge in [-0.1, -0.05) is 20.8 Å². The Labute approximate surface area is 213 Å². The average molecular weight is 501 g/mol. The van der Waals surface area contributed by atoms with Gasteiger partial charge in [0.2, 0.25) is 0 Å². The van der Waals surface area contributed by atoms with Gasteiger partial charge in [-0.3, -0.25) is 0 Å². The van der Waals surface area contributed by atoms with Crippen LogP contribution in [0.2, 0.25) is 0 Å².